The number of hydrogen-bond donors (Lipinski definition) is 2. The summed E-state index contributed by atoms with van der Waals surface area (Å²) in [7, 11) is 0. The molecule has 0 bridgehead atoms. The third-order valence-electron chi connectivity index (χ3n) is 6.92. The van der Waals surface area contributed by atoms with Gasteiger partial charge in [-0.3, -0.25) is 14.9 Å². The SMILES string of the molecule is C/C=C(/C(=O)C1COc2ccc(Cl)cc2C1)c1cnc(-c2cn[nH]c2C)cc1C(C)CC.CC.CCC(C)O. The standard InChI is InChI=1S/C26H28ClN3O2.C4H10O.C2H6/c1-5-15(3)21-11-24(22-13-29-30-16(22)4)28-12-23(21)20(6-2)26(31)18-9-17-10-19(27)7-8-25(17)32-14-18;1-3-4(2)5;1-2/h6-8,10-13,15,18H,5,9,14H2,1-4H3,(H,29,30);4-5H,3H2,1-2H3;1-2H3/b20-6+;;. The fourth-order valence-electron chi connectivity index (χ4n) is 4.26. The lowest BCUT2D eigenvalue weighted by molar-refractivity contribution is -0.118. The van der Waals surface area contributed by atoms with Crippen molar-refractivity contribution in [2.24, 2.45) is 5.92 Å². The van der Waals surface area contributed by atoms with E-state index in [1.54, 1.807) is 13.1 Å². The highest BCUT2D eigenvalue weighted by Gasteiger charge is 2.30. The lowest BCUT2D eigenvalue weighted by Crippen LogP contribution is -2.29. The number of aryl methyl sites for hydroxylation is 1. The first kappa shape index (κ1) is 32.3. The highest BCUT2D eigenvalue weighted by Crippen LogP contribution is 2.36. The zero-order valence-electron chi connectivity index (χ0n) is 24.6. The predicted octanol–water partition coefficient (Wildman–Crippen LogP) is 7.97. The Bertz CT molecular complexity index is 1250. The van der Waals surface area contributed by atoms with Gasteiger partial charge < -0.3 is 9.84 Å². The van der Waals surface area contributed by atoms with Gasteiger partial charge in [0.1, 0.15) is 5.75 Å². The van der Waals surface area contributed by atoms with Crippen LogP contribution in [-0.4, -0.2) is 38.8 Å². The number of H-pyrrole nitrogens is 1. The van der Waals surface area contributed by atoms with Crippen molar-refractivity contribution in [3.05, 3.63) is 70.1 Å². The number of Topliss-reactive ketones (excluding diaryl/α,β-unsaturated/α-hetero) is 1. The average molecular weight is 554 g/mol. The molecule has 3 atom stereocenters. The Hall–Kier alpha value is -2.96. The van der Waals surface area contributed by atoms with Crippen molar-refractivity contribution in [3.8, 4) is 17.0 Å². The number of halogens is 1. The van der Waals surface area contributed by atoms with Crippen molar-refractivity contribution in [2.45, 2.75) is 86.7 Å². The van der Waals surface area contributed by atoms with Gasteiger partial charge in [-0.25, -0.2) is 0 Å². The number of fused-ring (bicyclic) bond motifs is 1. The van der Waals surface area contributed by atoms with E-state index in [1.807, 2.05) is 65.1 Å². The molecule has 0 saturated heterocycles. The molecule has 4 rings (SSSR count). The first-order valence-electron chi connectivity index (χ1n) is 14.0. The number of aliphatic hydroxyl groups excluding tert-OH is 1. The van der Waals surface area contributed by atoms with E-state index in [2.05, 4.69) is 30.1 Å². The van der Waals surface area contributed by atoms with E-state index in [4.69, 9.17) is 26.4 Å². The Kier molecular flexibility index (Phi) is 12.9. The molecule has 3 aromatic rings. The van der Waals surface area contributed by atoms with Gasteiger partial charge in [-0.1, -0.05) is 52.3 Å². The summed E-state index contributed by atoms with van der Waals surface area (Å²) < 4.78 is 5.89. The number of aromatic nitrogens is 3. The number of hydrogen-bond acceptors (Lipinski definition) is 5. The number of ketones is 1. The third kappa shape index (κ3) is 8.26. The number of aromatic amines is 1. The Morgan fingerprint density at radius 1 is 1.21 bits per heavy atom. The van der Waals surface area contributed by atoms with Gasteiger partial charge in [-0.05, 0) is 81.3 Å². The van der Waals surface area contributed by atoms with Crippen LogP contribution in [0.15, 0.2) is 42.7 Å². The number of benzene rings is 1. The van der Waals surface area contributed by atoms with Gasteiger partial charge in [0, 0.05) is 33.6 Å². The number of aliphatic hydroxyl groups is 1. The molecule has 0 amide bonds. The highest BCUT2D eigenvalue weighted by molar-refractivity contribution is 6.30. The molecule has 39 heavy (non-hydrogen) atoms. The number of rotatable bonds is 7. The van der Waals surface area contributed by atoms with Crippen molar-refractivity contribution >= 4 is 23.0 Å². The van der Waals surface area contributed by atoms with E-state index in [-0.39, 0.29) is 23.7 Å². The van der Waals surface area contributed by atoms with Crippen LogP contribution < -0.4 is 4.74 Å². The minimum Gasteiger partial charge on any atom is -0.493 e. The smallest absolute Gasteiger partial charge is 0.170 e. The molecule has 7 heteroatoms. The van der Waals surface area contributed by atoms with Crippen LogP contribution in [0, 0.1) is 12.8 Å². The number of nitrogens with one attached hydrogen (secondary N) is 1. The van der Waals surface area contributed by atoms with Gasteiger partial charge >= 0.3 is 0 Å². The van der Waals surface area contributed by atoms with Crippen molar-refractivity contribution in [3.63, 3.8) is 0 Å². The van der Waals surface area contributed by atoms with E-state index in [0.29, 0.717) is 23.6 Å². The summed E-state index contributed by atoms with van der Waals surface area (Å²) >= 11 is 6.16. The topological polar surface area (TPSA) is 88.1 Å². The van der Waals surface area contributed by atoms with Crippen LogP contribution in [0.1, 0.15) is 89.6 Å². The van der Waals surface area contributed by atoms with Crippen molar-refractivity contribution in [1.29, 1.82) is 0 Å². The molecule has 1 aromatic carbocycles. The van der Waals surface area contributed by atoms with Crippen LogP contribution in [0.3, 0.4) is 0 Å². The normalized spacial score (nSPS) is 15.9. The van der Waals surface area contributed by atoms with Gasteiger partial charge in [-0.15, -0.1) is 0 Å². The summed E-state index contributed by atoms with van der Waals surface area (Å²) in [6.45, 7) is 16.3. The van der Waals surface area contributed by atoms with Gasteiger partial charge in [0.2, 0.25) is 0 Å². The van der Waals surface area contributed by atoms with Crippen LogP contribution in [0.2, 0.25) is 5.02 Å². The number of nitrogens with zero attached hydrogens (tertiary/aromatic N) is 2. The van der Waals surface area contributed by atoms with E-state index >= 15 is 0 Å². The van der Waals surface area contributed by atoms with Gasteiger partial charge in [-0.2, -0.15) is 5.10 Å². The molecule has 0 aliphatic carbocycles. The summed E-state index contributed by atoms with van der Waals surface area (Å²) in [5.74, 6) is 0.913. The monoisotopic (exact) mass is 553 g/mol. The Labute approximate surface area is 238 Å². The highest BCUT2D eigenvalue weighted by atomic mass is 35.5. The van der Waals surface area contributed by atoms with E-state index < -0.39 is 0 Å². The zero-order chi connectivity index (χ0) is 29.1. The number of allylic oxidation sites excluding steroid dienone is 2. The molecule has 1 aliphatic heterocycles. The zero-order valence-corrected chi connectivity index (χ0v) is 25.4. The van der Waals surface area contributed by atoms with Crippen LogP contribution in [0.4, 0.5) is 0 Å². The van der Waals surface area contributed by atoms with E-state index in [0.717, 1.165) is 52.2 Å². The number of carbonyl (C=O) groups excluding carboxylic acids is 1. The van der Waals surface area contributed by atoms with E-state index in [9.17, 15) is 4.79 Å². The quantitative estimate of drug-likeness (QED) is 0.289. The average Bonchev–Trinajstić information content (AvgIpc) is 3.39. The summed E-state index contributed by atoms with van der Waals surface area (Å²) in [4.78, 5) is 18.3. The second kappa shape index (κ2) is 15.6. The minimum atomic E-state index is -0.257. The maximum Gasteiger partial charge on any atom is 0.170 e. The minimum absolute atomic E-state index is 0.0803. The maximum atomic E-state index is 13.6. The molecule has 1 aliphatic rings. The summed E-state index contributed by atoms with van der Waals surface area (Å²) in [5.41, 5.74) is 6.50. The number of carbonyl (C=O) groups is 1. The van der Waals surface area contributed by atoms with Crippen LogP contribution in [0.5, 0.6) is 5.75 Å². The van der Waals surface area contributed by atoms with E-state index in [1.165, 1.54) is 0 Å². The second-order valence-corrected chi connectivity index (χ2v) is 10.1. The molecule has 0 fully saturated rings. The van der Waals surface area contributed by atoms with Crippen molar-refractivity contribution in [2.75, 3.05) is 6.61 Å². The molecule has 3 unspecified atom stereocenters. The molecular formula is C32H44ClN3O3. The summed E-state index contributed by atoms with van der Waals surface area (Å²) in [5, 5.41) is 16.1. The summed E-state index contributed by atoms with van der Waals surface area (Å²) in [6.07, 6.45) is 7.86. The number of ether oxygens (including phenoxy) is 1. The first-order valence-corrected chi connectivity index (χ1v) is 14.4. The Balaban J connectivity index is 0.000000686. The van der Waals surface area contributed by atoms with Crippen LogP contribution in [-0.2, 0) is 11.2 Å². The molecule has 3 heterocycles. The molecule has 0 radical (unpaired) electrons. The fourth-order valence-corrected chi connectivity index (χ4v) is 4.46. The third-order valence-corrected chi connectivity index (χ3v) is 7.15. The summed E-state index contributed by atoms with van der Waals surface area (Å²) in [6, 6.07) is 7.67. The molecule has 2 N–H and O–H groups in total. The largest absolute Gasteiger partial charge is 0.493 e. The van der Waals surface area contributed by atoms with Gasteiger partial charge in [0.05, 0.1) is 30.5 Å². The number of pyridine rings is 1. The first-order chi connectivity index (χ1) is 18.7. The molecule has 0 saturated carbocycles. The molecular weight excluding hydrogens is 510 g/mol. The van der Waals surface area contributed by atoms with Crippen LogP contribution >= 0.6 is 11.6 Å². The van der Waals surface area contributed by atoms with Crippen LogP contribution in [0.25, 0.3) is 16.8 Å². The molecule has 2 aromatic heterocycles. The Morgan fingerprint density at radius 2 is 1.90 bits per heavy atom. The lowest BCUT2D eigenvalue weighted by atomic mass is 9.83. The molecule has 6 nitrogen and oxygen atoms in total. The lowest BCUT2D eigenvalue weighted by Gasteiger charge is -2.26. The van der Waals surface area contributed by atoms with Gasteiger partial charge in [0.25, 0.3) is 0 Å². The van der Waals surface area contributed by atoms with Crippen molar-refractivity contribution < 1.29 is 14.6 Å². The molecule has 212 valence electrons. The Morgan fingerprint density at radius 3 is 2.46 bits per heavy atom. The van der Waals surface area contributed by atoms with Crippen molar-refractivity contribution in [1.82, 2.24) is 15.2 Å². The second-order valence-electron chi connectivity index (χ2n) is 9.66. The predicted molar refractivity (Wildman–Crippen MR) is 161 cm³/mol. The molecule has 0 spiro atoms. The van der Waals surface area contributed by atoms with Gasteiger partial charge in [0.15, 0.2) is 5.78 Å². The fraction of sp³-hybridized carbons (Fsp3) is 0.469. The maximum absolute atomic E-state index is 13.6.